The molecule has 0 saturated carbocycles. The number of rotatable bonds is 7. The summed E-state index contributed by atoms with van der Waals surface area (Å²) >= 11 is 1.42. The smallest absolute Gasteiger partial charge is 0.226 e. The largest absolute Gasteiger partial charge is 0.493 e. The molecular weight excluding hydrogens is 288 g/mol. The molecule has 1 aromatic heterocycles. The number of aryl methyl sites for hydroxylation is 1. The Morgan fingerprint density at radius 2 is 2.10 bits per heavy atom. The lowest BCUT2D eigenvalue weighted by Gasteiger charge is -2.09. The van der Waals surface area contributed by atoms with Crippen LogP contribution < -0.4 is 14.8 Å². The van der Waals surface area contributed by atoms with E-state index in [2.05, 4.69) is 10.3 Å². The van der Waals surface area contributed by atoms with Gasteiger partial charge in [0.05, 0.1) is 14.2 Å². The van der Waals surface area contributed by atoms with Crippen LogP contribution in [0.5, 0.6) is 11.5 Å². The molecule has 1 heterocycles. The quantitative estimate of drug-likeness (QED) is 0.854. The van der Waals surface area contributed by atoms with Gasteiger partial charge in [-0.3, -0.25) is 4.79 Å². The maximum absolute atomic E-state index is 11.7. The fourth-order valence-corrected chi connectivity index (χ4v) is 2.50. The molecule has 0 fully saturated rings. The number of hydrogen-bond acceptors (Lipinski definition) is 5. The third-order valence-electron chi connectivity index (χ3n) is 3.00. The maximum Gasteiger partial charge on any atom is 0.226 e. The molecule has 21 heavy (non-hydrogen) atoms. The Hall–Kier alpha value is -2.08. The van der Waals surface area contributed by atoms with E-state index in [9.17, 15) is 4.79 Å². The zero-order valence-corrected chi connectivity index (χ0v) is 12.9. The molecule has 0 spiro atoms. The minimum Gasteiger partial charge on any atom is -0.493 e. The average Bonchev–Trinajstić information content (AvgIpc) is 2.99. The number of benzene rings is 1. The van der Waals surface area contributed by atoms with E-state index in [4.69, 9.17) is 9.47 Å². The van der Waals surface area contributed by atoms with Gasteiger partial charge in [-0.2, -0.15) is 0 Å². The first-order chi connectivity index (χ1) is 10.2. The highest BCUT2D eigenvalue weighted by Gasteiger charge is 2.07. The SMILES string of the molecule is COc1ccc(CCCC(=O)Nc2nccs2)cc1OC. The Morgan fingerprint density at radius 3 is 2.76 bits per heavy atom. The van der Waals surface area contributed by atoms with Crippen LogP contribution in [0.3, 0.4) is 0 Å². The molecule has 0 unspecified atom stereocenters. The lowest BCUT2D eigenvalue weighted by atomic mass is 10.1. The summed E-state index contributed by atoms with van der Waals surface area (Å²) < 4.78 is 10.5. The number of thiazole rings is 1. The van der Waals surface area contributed by atoms with Crippen molar-refractivity contribution in [2.24, 2.45) is 0 Å². The first kappa shape index (κ1) is 15.3. The highest BCUT2D eigenvalue weighted by atomic mass is 32.1. The highest BCUT2D eigenvalue weighted by molar-refractivity contribution is 7.13. The van der Waals surface area contributed by atoms with Crippen molar-refractivity contribution >= 4 is 22.4 Å². The van der Waals surface area contributed by atoms with Gasteiger partial charge in [0.2, 0.25) is 5.91 Å². The van der Waals surface area contributed by atoms with Crippen LogP contribution in [0.4, 0.5) is 5.13 Å². The van der Waals surface area contributed by atoms with E-state index < -0.39 is 0 Å². The number of nitrogens with zero attached hydrogens (tertiary/aromatic N) is 1. The number of hydrogen-bond donors (Lipinski definition) is 1. The van der Waals surface area contributed by atoms with Gasteiger partial charge in [-0.1, -0.05) is 6.07 Å². The van der Waals surface area contributed by atoms with Crippen molar-refractivity contribution in [3.8, 4) is 11.5 Å². The van der Waals surface area contributed by atoms with Crippen molar-refractivity contribution in [3.05, 3.63) is 35.3 Å². The van der Waals surface area contributed by atoms with Crippen molar-refractivity contribution in [3.63, 3.8) is 0 Å². The summed E-state index contributed by atoms with van der Waals surface area (Å²) in [4.78, 5) is 15.8. The van der Waals surface area contributed by atoms with Gasteiger partial charge in [0, 0.05) is 18.0 Å². The van der Waals surface area contributed by atoms with Crippen LogP contribution in [-0.4, -0.2) is 25.1 Å². The predicted molar refractivity (Wildman–Crippen MR) is 83.2 cm³/mol. The van der Waals surface area contributed by atoms with Crippen LogP contribution in [-0.2, 0) is 11.2 Å². The Labute approximate surface area is 127 Å². The van der Waals surface area contributed by atoms with Crippen LogP contribution >= 0.6 is 11.3 Å². The van der Waals surface area contributed by atoms with Crippen molar-refractivity contribution in [2.75, 3.05) is 19.5 Å². The molecule has 0 bridgehead atoms. The van der Waals surface area contributed by atoms with Crippen molar-refractivity contribution in [1.82, 2.24) is 4.98 Å². The number of nitrogens with one attached hydrogen (secondary N) is 1. The molecule has 0 aliphatic heterocycles. The van der Waals surface area contributed by atoms with E-state index in [-0.39, 0.29) is 5.91 Å². The zero-order chi connectivity index (χ0) is 15.1. The van der Waals surface area contributed by atoms with E-state index in [0.717, 1.165) is 18.4 Å². The Kier molecular flexibility index (Phi) is 5.57. The Bertz CT molecular complexity index is 585. The fraction of sp³-hybridized carbons (Fsp3) is 0.333. The molecule has 1 N–H and O–H groups in total. The normalized spacial score (nSPS) is 10.2. The van der Waals surface area contributed by atoms with E-state index in [0.29, 0.717) is 23.1 Å². The van der Waals surface area contributed by atoms with Gasteiger partial charge in [-0.15, -0.1) is 11.3 Å². The number of carbonyl (C=O) groups is 1. The van der Waals surface area contributed by atoms with Crippen LogP contribution in [0.2, 0.25) is 0 Å². The number of aromatic nitrogens is 1. The Morgan fingerprint density at radius 1 is 1.29 bits per heavy atom. The zero-order valence-electron chi connectivity index (χ0n) is 12.1. The van der Waals surface area contributed by atoms with Gasteiger partial charge in [0.25, 0.3) is 0 Å². The van der Waals surface area contributed by atoms with Gasteiger partial charge >= 0.3 is 0 Å². The third kappa shape index (κ3) is 4.46. The molecule has 0 radical (unpaired) electrons. The van der Waals surface area contributed by atoms with Crippen molar-refractivity contribution in [2.45, 2.75) is 19.3 Å². The number of carbonyl (C=O) groups excluding carboxylic acids is 1. The van der Waals surface area contributed by atoms with Crippen molar-refractivity contribution < 1.29 is 14.3 Å². The summed E-state index contributed by atoms with van der Waals surface area (Å²) in [5.74, 6) is 1.41. The first-order valence-electron chi connectivity index (χ1n) is 6.63. The van der Waals surface area contributed by atoms with E-state index >= 15 is 0 Å². The van der Waals surface area contributed by atoms with Crippen molar-refractivity contribution in [1.29, 1.82) is 0 Å². The van der Waals surface area contributed by atoms with Crippen LogP contribution in [0.1, 0.15) is 18.4 Å². The van der Waals surface area contributed by atoms with Gasteiger partial charge < -0.3 is 14.8 Å². The number of ether oxygens (including phenoxy) is 2. The number of methoxy groups -OCH3 is 2. The summed E-state index contributed by atoms with van der Waals surface area (Å²) in [5.41, 5.74) is 1.12. The monoisotopic (exact) mass is 306 g/mol. The van der Waals surface area contributed by atoms with E-state index in [1.165, 1.54) is 11.3 Å². The van der Waals surface area contributed by atoms with Crippen LogP contribution in [0.15, 0.2) is 29.8 Å². The number of anilines is 1. The lowest BCUT2D eigenvalue weighted by molar-refractivity contribution is -0.116. The molecule has 1 aromatic carbocycles. The highest BCUT2D eigenvalue weighted by Crippen LogP contribution is 2.28. The van der Waals surface area contributed by atoms with E-state index in [1.54, 1.807) is 20.4 Å². The third-order valence-corrected chi connectivity index (χ3v) is 3.68. The van der Waals surface area contributed by atoms with Gasteiger partial charge in [0.1, 0.15) is 0 Å². The molecule has 0 atom stereocenters. The predicted octanol–water partition coefficient (Wildman–Crippen LogP) is 3.12. The average molecular weight is 306 g/mol. The molecule has 5 nitrogen and oxygen atoms in total. The molecule has 2 rings (SSSR count). The molecule has 1 amide bonds. The molecule has 0 aliphatic carbocycles. The molecular formula is C15H18N2O3S. The van der Waals surface area contributed by atoms with E-state index in [1.807, 2.05) is 23.6 Å². The fourth-order valence-electron chi connectivity index (χ4n) is 1.96. The van der Waals surface area contributed by atoms with Crippen LogP contribution in [0, 0.1) is 0 Å². The van der Waals surface area contributed by atoms with Gasteiger partial charge in [-0.05, 0) is 30.5 Å². The summed E-state index contributed by atoms with van der Waals surface area (Å²) in [6.45, 7) is 0. The second-order valence-electron chi connectivity index (χ2n) is 4.43. The van der Waals surface area contributed by atoms with Gasteiger partial charge in [0.15, 0.2) is 16.6 Å². The lowest BCUT2D eigenvalue weighted by Crippen LogP contribution is -2.11. The second-order valence-corrected chi connectivity index (χ2v) is 5.32. The standard InChI is InChI=1S/C15H18N2O3S/c1-19-12-7-6-11(10-13(12)20-2)4-3-5-14(18)17-15-16-8-9-21-15/h6-10H,3-5H2,1-2H3,(H,16,17,18). The summed E-state index contributed by atoms with van der Waals surface area (Å²) in [6, 6.07) is 5.81. The second kappa shape index (κ2) is 7.64. The summed E-state index contributed by atoms with van der Waals surface area (Å²) in [6.07, 6.45) is 3.72. The molecule has 2 aromatic rings. The molecule has 0 saturated heterocycles. The minimum atomic E-state index is -0.00886. The topological polar surface area (TPSA) is 60.5 Å². The van der Waals surface area contributed by atoms with Crippen LogP contribution in [0.25, 0.3) is 0 Å². The molecule has 6 heteroatoms. The summed E-state index contributed by atoms with van der Waals surface area (Å²) in [5, 5.41) is 5.25. The maximum atomic E-state index is 11.7. The molecule has 0 aliphatic rings. The summed E-state index contributed by atoms with van der Waals surface area (Å²) in [7, 11) is 3.23. The minimum absolute atomic E-state index is 0.00886. The molecule has 112 valence electrons. The number of amides is 1. The Balaban J connectivity index is 1.81. The van der Waals surface area contributed by atoms with Gasteiger partial charge in [-0.25, -0.2) is 4.98 Å². The first-order valence-corrected chi connectivity index (χ1v) is 7.51.